The quantitative estimate of drug-likeness (QED) is 0.888. The van der Waals surface area contributed by atoms with Gasteiger partial charge in [-0.25, -0.2) is 0 Å². The van der Waals surface area contributed by atoms with Gasteiger partial charge in [0.15, 0.2) is 11.5 Å². The molecule has 2 aliphatic heterocycles. The number of likely N-dealkylation sites (tertiary alicyclic amines) is 1. The molecule has 6 heteroatoms. The van der Waals surface area contributed by atoms with Gasteiger partial charge in [-0.1, -0.05) is 19.9 Å². The Morgan fingerprint density at radius 1 is 1.16 bits per heavy atom. The lowest BCUT2D eigenvalue weighted by Crippen LogP contribution is -2.50. The summed E-state index contributed by atoms with van der Waals surface area (Å²) in [5, 5.41) is 3.05. The Morgan fingerprint density at radius 3 is 2.52 bits per heavy atom. The number of ether oxygens (including phenoxy) is 2. The van der Waals surface area contributed by atoms with Crippen LogP contribution >= 0.6 is 0 Å². The number of benzene rings is 1. The van der Waals surface area contributed by atoms with Crippen molar-refractivity contribution in [3.63, 3.8) is 0 Å². The van der Waals surface area contributed by atoms with Gasteiger partial charge in [-0.05, 0) is 37.0 Å². The monoisotopic (exact) mass is 346 g/mol. The minimum atomic E-state index is -0.422. The van der Waals surface area contributed by atoms with Crippen molar-refractivity contribution in [2.24, 2.45) is 5.92 Å². The van der Waals surface area contributed by atoms with Crippen LogP contribution in [0.1, 0.15) is 45.2 Å². The summed E-state index contributed by atoms with van der Waals surface area (Å²) in [4.78, 5) is 26.6. The van der Waals surface area contributed by atoms with E-state index in [0.29, 0.717) is 31.9 Å². The summed E-state index contributed by atoms with van der Waals surface area (Å²) >= 11 is 0. The first-order chi connectivity index (χ1) is 12.0. The fourth-order valence-corrected chi connectivity index (χ4v) is 3.48. The van der Waals surface area contributed by atoms with Gasteiger partial charge in [0.1, 0.15) is 19.3 Å². The van der Waals surface area contributed by atoms with E-state index >= 15 is 0 Å². The third-order valence-electron chi connectivity index (χ3n) is 4.77. The van der Waals surface area contributed by atoms with Gasteiger partial charge in [0, 0.05) is 13.0 Å². The summed E-state index contributed by atoms with van der Waals surface area (Å²) in [5.41, 5.74) is 0.952. The molecule has 2 heterocycles. The van der Waals surface area contributed by atoms with Crippen LogP contribution in [0.4, 0.5) is 0 Å². The van der Waals surface area contributed by atoms with Crippen molar-refractivity contribution in [1.82, 2.24) is 10.2 Å². The lowest BCUT2D eigenvalue weighted by atomic mass is 10.0. The van der Waals surface area contributed by atoms with Gasteiger partial charge >= 0.3 is 0 Å². The number of carbonyl (C=O) groups is 2. The number of hydrogen-bond donors (Lipinski definition) is 1. The third kappa shape index (κ3) is 3.72. The van der Waals surface area contributed by atoms with E-state index in [2.05, 4.69) is 5.32 Å². The van der Waals surface area contributed by atoms with Crippen LogP contribution in [-0.4, -0.2) is 42.5 Å². The predicted octanol–water partition coefficient (Wildman–Crippen LogP) is 2.28. The van der Waals surface area contributed by atoms with Crippen LogP contribution in [0.2, 0.25) is 0 Å². The van der Waals surface area contributed by atoms with Crippen molar-refractivity contribution >= 4 is 11.8 Å². The number of rotatable bonds is 5. The van der Waals surface area contributed by atoms with E-state index < -0.39 is 6.04 Å². The Hall–Kier alpha value is -2.24. The molecule has 2 aliphatic rings. The number of nitrogens with zero attached hydrogens (tertiary/aromatic N) is 1. The van der Waals surface area contributed by atoms with E-state index in [-0.39, 0.29) is 23.8 Å². The van der Waals surface area contributed by atoms with Gasteiger partial charge in [-0.15, -0.1) is 0 Å². The molecule has 3 rings (SSSR count). The van der Waals surface area contributed by atoms with Gasteiger partial charge in [0.2, 0.25) is 11.8 Å². The fourth-order valence-electron chi connectivity index (χ4n) is 3.48. The number of fused-ring (bicyclic) bond motifs is 1. The lowest BCUT2D eigenvalue weighted by Gasteiger charge is -2.31. The number of carbonyl (C=O) groups excluding carboxylic acids is 2. The SMILES string of the molecule is CC(C)[C@H](C(=O)N[C@H](C)c1ccc2c(c1)OCCO2)N1CCCC1=O. The molecule has 0 saturated carbocycles. The van der Waals surface area contributed by atoms with Crippen LogP contribution in [0.15, 0.2) is 18.2 Å². The zero-order valence-corrected chi connectivity index (χ0v) is 15.1. The number of nitrogens with one attached hydrogen (secondary N) is 1. The summed E-state index contributed by atoms with van der Waals surface area (Å²) in [6.07, 6.45) is 1.36. The first-order valence-corrected chi connectivity index (χ1v) is 8.96. The summed E-state index contributed by atoms with van der Waals surface area (Å²) in [5.74, 6) is 1.47. The van der Waals surface area contributed by atoms with E-state index in [9.17, 15) is 9.59 Å². The van der Waals surface area contributed by atoms with Crippen molar-refractivity contribution in [3.8, 4) is 11.5 Å². The topological polar surface area (TPSA) is 67.9 Å². The zero-order chi connectivity index (χ0) is 18.0. The van der Waals surface area contributed by atoms with Crippen LogP contribution in [0.5, 0.6) is 11.5 Å². The minimum Gasteiger partial charge on any atom is -0.486 e. The summed E-state index contributed by atoms with van der Waals surface area (Å²) in [7, 11) is 0. The van der Waals surface area contributed by atoms with E-state index in [1.807, 2.05) is 39.0 Å². The van der Waals surface area contributed by atoms with Crippen molar-refractivity contribution < 1.29 is 19.1 Å². The molecule has 6 nitrogen and oxygen atoms in total. The maximum atomic E-state index is 12.8. The van der Waals surface area contributed by atoms with Crippen molar-refractivity contribution in [2.45, 2.75) is 45.7 Å². The Kier molecular flexibility index (Phi) is 5.16. The molecular weight excluding hydrogens is 320 g/mol. The van der Waals surface area contributed by atoms with Crippen molar-refractivity contribution in [1.29, 1.82) is 0 Å². The van der Waals surface area contributed by atoms with E-state index in [4.69, 9.17) is 9.47 Å². The molecule has 0 unspecified atom stereocenters. The molecule has 1 saturated heterocycles. The zero-order valence-electron chi connectivity index (χ0n) is 15.1. The Labute approximate surface area is 148 Å². The van der Waals surface area contributed by atoms with Gasteiger partial charge in [-0.2, -0.15) is 0 Å². The highest BCUT2D eigenvalue weighted by atomic mass is 16.6. The summed E-state index contributed by atoms with van der Waals surface area (Å²) < 4.78 is 11.1. The Morgan fingerprint density at radius 2 is 1.88 bits per heavy atom. The molecule has 1 aromatic rings. The van der Waals surface area contributed by atoms with Gasteiger partial charge in [0.05, 0.1) is 6.04 Å². The minimum absolute atomic E-state index is 0.0644. The predicted molar refractivity (Wildman–Crippen MR) is 93.6 cm³/mol. The second kappa shape index (κ2) is 7.33. The van der Waals surface area contributed by atoms with Crippen LogP contribution in [0, 0.1) is 5.92 Å². The van der Waals surface area contributed by atoms with Crippen LogP contribution in [-0.2, 0) is 9.59 Å². The number of amides is 2. The number of hydrogen-bond acceptors (Lipinski definition) is 4. The second-order valence-electron chi connectivity index (χ2n) is 7.01. The first-order valence-electron chi connectivity index (χ1n) is 8.96. The molecule has 1 N–H and O–H groups in total. The molecule has 0 spiro atoms. The Bertz CT molecular complexity index is 659. The van der Waals surface area contributed by atoms with Gasteiger partial charge < -0.3 is 19.7 Å². The molecule has 136 valence electrons. The summed E-state index contributed by atoms with van der Waals surface area (Å²) in [6.45, 7) is 7.64. The smallest absolute Gasteiger partial charge is 0.243 e. The molecule has 2 amide bonds. The van der Waals surface area contributed by atoms with Crippen molar-refractivity contribution in [3.05, 3.63) is 23.8 Å². The second-order valence-corrected chi connectivity index (χ2v) is 7.01. The maximum absolute atomic E-state index is 12.8. The standard InChI is InChI=1S/C19H26N2O4/c1-12(2)18(21-8-4-5-17(21)22)19(23)20-13(3)14-6-7-15-16(11-14)25-10-9-24-15/h6-7,11-13,18H,4-5,8-10H2,1-3H3,(H,20,23)/t13-,18-/m1/s1. The molecular formula is C19H26N2O4. The van der Waals surface area contributed by atoms with Crippen LogP contribution in [0.3, 0.4) is 0 Å². The molecule has 1 aromatic carbocycles. The van der Waals surface area contributed by atoms with E-state index in [1.165, 1.54) is 0 Å². The van der Waals surface area contributed by atoms with Gasteiger partial charge in [-0.3, -0.25) is 9.59 Å². The maximum Gasteiger partial charge on any atom is 0.243 e. The van der Waals surface area contributed by atoms with E-state index in [1.54, 1.807) is 4.90 Å². The van der Waals surface area contributed by atoms with E-state index in [0.717, 1.165) is 17.7 Å². The molecule has 0 bridgehead atoms. The molecule has 0 aliphatic carbocycles. The lowest BCUT2D eigenvalue weighted by molar-refractivity contribution is -0.139. The third-order valence-corrected chi connectivity index (χ3v) is 4.77. The average Bonchev–Trinajstić information content (AvgIpc) is 3.00. The van der Waals surface area contributed by atoms with Crippen molar-refractivity contribution in [2.75, 3.05) is 19.8 Å². The average molecular weight is 346 g/mol. The van der Waals surface area contributed by atoms with Crippen LogP contribution < -0.4 is 14.8 Å². The first kappa shape index (κ1) is 17.6. The van der Waals surface area contributed by atoms with Gasteiger partial charge in [0.25, 0.3) is 0 Å². The normalized spacial score (nSPS) is 19.0. The molecule has 1 fully saturated rings. The molecule has 2 atom stereocenters. The molecule has 0 aromatic heterocycles. The highest BCUT2D eigenvalue weighted by Crippen LogP contribution is 2.32. The fraction of sp³-hybridized carbons (Fsp3) is 0.579. The largest absolute Gasteiger partial charge is 0.486 e. The molecule has 25 heavy (non-hydrogen) atoms. The van der Waals surface area contributed by atoms with Crippen LogP contribution in [0.25, 0.3) is 0 Å². The summed E-state index contributed by atoms with van der Waals surface area (Å²) in [6, 6.07) is 5.11. The highest BCUT2D eigenvalue weighted by Gasteiger charge is 2.35. The molecule has 0 radical (unpaired) electrons. The highest BCUT2D eigenvalue weighted by molar-refractivity contribution is 5.89. The Balaban J connectivity index is 1.71.